The Balaban J connectivity index is 2.36. The van der Waals surface area contributed by atoms with Crippen molar-refractivity contribution in [1.29, 1.82) is 0 Å². The van der Waals surface area contributed by atoms with Gasteiger partial charge in [-0.3, -0.25) is 4.79 Å². The third-order valence-electron chi connectivity index (χ3n) is 2.43. The number of carbonyl (C=O) groups is 1. The Morgan fingerprint density at radius 1 is 1.20 bits per heavy atom. The molecule has 20 heavy (non-hydrogen) atoms. The second-order valence-electron chi connectivity index (χ2n) is 4.11. The summed E-state index contributed by atoms with van der Waals surface area (Å²) < 4.78 is 39.6. The summed E-state index contributed by atoms with van der Waals surface area (Å²) >= 11 is 3.28. The molecule has 0 aliphatic heterocycles. The highest BCUT2D eigenvalue weighted by molar-refractivity contribution is 9.09. The molecule has 0 saturated carbocycles. The van der Waals surface area contributed by atoms with Crippen molar-refractivity contribution in [3.8, 4) is 5.75 Å². The van der Waals surface area contributed by atoms with Crippen LogP contribution in [0.4, 0.5) is 13.2 Å². The van der Waals surface area contributed by atoms with Crippen molar-refractivity contribution in [2.75, 3.05) is 5.33 Å². The van der Waals surface area contributed by atoms with Gasteiger partial charge in [0.2, 0.25) is 5.91 Å². The van der Waals surface area contributed by atoms with E-state index in [1.54, 1.807) is 0 Å². The smallest absolute Gasteiger partial charge is 0.406 e. The number of rotatable bonds is 7. The number of benzene rings is 1. The number of ether oxygens (including phenoxy) is 1. The predicted octanol–water partition coefficient (Wildman–Crippen LogP) is 3.77. The monoisotopic (exact) mass is 353 g/mol. The van der Waals surface area contributed by atoms with Crippen LogP contribution in [0, 0.1) is 0 Å². The lowest BCUT2D eigenvalue weighted by Gasteiger charge is -2.09. The molecule has 1 N–H and O–H groups in total. The molecule has 0 aliphatic rings. The van der Waals surface area contributed by atoms with E-state index in [4.69, 9.17) is 0 Å². The molecule has 0 atom stereocenters. The van der Waals surface area contributed by atoms with Crippen molar-refractivity contribution < 1.29 is 22.7 Å². The van der Waals surface area contributed by atoms with Crippen LogP contribution < -0.4 is 10.1 Å². The van der Waals surface area contributed by atoms with E-state index >= 15 is 0 Å². The Morgan fingerprint density at radius 3 is 2.40 bits per heavy atom. The van der Waals surface area contributed by atoms with Crippen LogP contribution in [0.25, 0.3) is 0 Å². The lowest BCUT2D eigenvalue weighted by atomic mass is 10.2. The highest BCUT2D eigenvalue weighted by atomic mass is 79.9. The fraction of sp³-hybridized carbons (Fsp3) is 0.462. The van der Waals surface area contributed by atoms with Gasteiger partial charge in [-0.15, -0.1) is 13.2 Å². The first-order chi connectivity index (χ1) is 9.40. The lowest BCUT2D eigenvalue weighted by Crippen LogP contribution is -2.22. The average molecular weight is 354 g/mol. The summed E-state index contributed by atoms with van der Waals surface area (Å²) in [5.74, 6) is -0.341. The van der Waals surface area contributed by atoms with E-state index in [0.29, 0.717) is 18.5 Å². The first-order valence-electron chi connectivity index (χ1n) is 6.08. The normalized spacial score (nSPS) is 11.2. The van der Waals surface area contributed by atoms with Crippen LogP contribution in [0.2, 0.25) is 0 Å². The summed E-state index contributed by atoms with van der Waals surface area (Å²) in [7, 11) is 0. The number of halogens is 4. The predicted molar refractivity (Wildman–Crippen MR) is 72.6 cm³/mol. The minimum absolute atomic E-state index is 0.0680. The quantitative estimate of drug-likeness (QED) is 0.598. The van der Waals surface area contributed by atoms with Crippen LogP contribution in [0.15, 0.2) is 24.3 Å². The molecule has 3 nitrogen and oxygen atoms in total. The molecule has 0 unspecified atom stereocenters. The summed E-state index contributed by atoms with van der Waals surface area (Å²) in [5.41, 5.74) is 0.716. The Kier molecular flexibility index (Phi) is 6.84. The van der Waals surface area contributed by atoms with E-state index in [1.807, 2.05) is 0 Å². The van der Waals surface area contributed by atoms with Crippen molar-refractivity contribution in [1.82, 2.24) is 5.32 Å². The van der Waals surface area contributed by atoms with Gasteiger partial charge in [0.05, 0.1) is 0 Å². The van der Waals surface area contributed by atoms with Gasteiger partial charge in [0.1, 0.15) is 5.75 Å². The molecule has 112 valence electrons. The first kappa shape index (κ1) is 16.8. The lowest BCUT2D eigenvalue weighted by molar-refractivity contribution is -0.274. The molecular weight excluding hydrogens is 339 g/mol. The Morgan fingerprint density at radius 2 is 1.85 bits per heavy atom. The zero-order valence-electron chi connectivity index (χ0n) is 10.7. The topological polar surface area (TPSA) is 38.3 Å². The second-order valence-corrected chi connectivity index (χ2v) is 4.91. The number of hydrogen-bond donors (Lipinski definition) is 1. The van der Waals surface area contributed by atoms with Gasteiger partial charge in [0.25, 0.3) is 0 Å². The molecule has 1 aromatic rings. The van der Waals surface area contributed by atoms with Gasteiger partial charge in [-0.2, -0.15) is 0 Å². The Bertz CT molecular complexity index is 421. The van der Waals surface area contributed by atoms with Crippen molar-refractivity contribution in [3.63, 3.8) is 0 Å². The summed E-state index contributed by atoms with van der Waals surface area (Å²) in [6.45, 7) is 0.291. The number of nitrogens with one attached hydrogen (secondary N) is 1. The van der Waals surface area contributed by atoms with Gasteiger partial charge in [-0.25, -0.2) is 0 Å². The van der Waals surface area contributed by atoms with Gasteiger partial charge in [-0.1, -0.05) is 28.1 Å². The molecule has 0 fully saturated rings. The summed E-state index contributed by atoms with van der Waals surface area (Å²) in [5, 5.41) is 3.57. The number of alkyl halides is 4. The third-order valence-corrected chi connectivity index (χ3v) is 2.99. The third kappa shape index (κ3) is 7.37. The molecule has 7 heteroatoms. The van der Waals surface area contributed by atoms with Gasteiger partial charge in [0, 0.05) is 18.3 Å². The van der Waals surface area contributed by atoms with Crippen LogP contribution in [0.1, 0.15) is 24.8 Å². The second kappa shape index (κ2) is 8.14. The van der Waals surface area contributed by atoms with Crippen LogP contribution in [-0.2, 0) is 11.3 Å². The molecule has 0 aliphatic carbocycles. The average Bonchev–Trinajstić information content (AvgIpc) is 2.36. The zero-order chi connectivity index (χ0) is 15.0. The van der Waals surface area contributed by atoms with E-state index in [9.17, 15) is 18.0 Å². The maximum Gasteiger partial charge on any atom is 0.573 e. The van der Waals surface area contributed by atoms with Crippen molar-refractivity contribution in [3.05, 3.63) is 29.8 Å². The molecule has 0 radical (unpaired) electrons. The maximum absolute atomic E-state index is 12.0. The first-order valence-corrected chi connectivity index (χ1v) is 7.20. The van der Waals surface area contributed by atoms with E-state index in [-0.39, 0.29) is 11.7 Å². The number of amides is 1. The van der Waals surface area contributed by atoms with Crippen molar-refractivity contribution in [2.24, 2.45) is 0 Å². The highest BCUT2D eigenvalue weighted by Crippen LogP contribution is 2.22. The van der Waals surface area contributed by atoms with Crippen molar-refractivity contribution in [2.45, 2.75) is 32.2 Å². The van der Waals surface area contributed by atoms with Gasteiger partial charge in [0.15, 0.2) is 0 Å². The molecule has 1 aromatic carbocycles. The van der Waals surface area contributed by atoms with E-state index in [0.717, 1.165) is 18.2 Å². The van der Waals surface area contributed by atoms with Crippen molar-refractivity contribution >= 4 is 21.8 Å². The van der Waals surface area contributed by atoms with E-state index < -0.39 is 6.36 Å². The molecule has 0 bridgehead atoms. The molecule has 1 amide bonds. The SMILES string of the molecule is O=C(CCCCBr)NCc1ccc(OC(F)(F)F)cc1. The molecule has 0 heterocycles. The number of hydrogen-bond acceptors (Lipinski definition) is 2. The van der Waals surface area contributed by atoms with Crippen LogP contribution in [0.3, 0.4) is 0 Å². The number of carbonyl (C=O) groups excluding carboxylic acids is 1. The van der Waals surface area contributed by atoms with Crippen LogP contribution >= 0.6 is 15.9 Å². The standard InChI is InChI=1S/C13H15BrF3NO2/c14-8-2-1-3-12(19)18-9-10-4-6-11(7-5-10)20-13(15,16)17/h4-7H,1-3,8-9H2,(H,18,19). The summed E-state index contributed by atoms with van der Waals surface area (Å²) in [4.78, 5) is 11.4. The summed E-state index contributed by atoms with van der Waals surface area (Å²) in [6.07, 6.45) is -2.52. The fourth-order valence-corrected chi connectivity index (χ4v) is 1.87. The minimum Gasteiger partial charge on any atom is -0.406 e. The van der Waals surface area contributed by atoms with E-state index in [2.05, 4.69) is 26.0 Å². The maximum atomic E-state index is 12.0. The van der Waals surface area contributed by atoms with E-state index in [1.165, 1.54) is 24.3 Å². The molecule has 0 saturated heterocycles. The van der Waals surface area contributed by atoms with Gasteiger partial charge >= 0.3 is 6.36 Å². The van der Waals surface area contributed by atoms with Gasteiger partial charge < -0.3 is 10.1 Å². The van der Waals surface area contributed by atoms with Crippen LogP contribution in [-0.4, -0.2) is 17.6 Å². The Hall–Kier alpha value is -1.24. The molecule has 0 spiro atoms. The largest absolute Gasteiger partial charge is 0.573 e. The zero-order valence-corrected chi connectivity index (χ0v) is 12.3. The molecule has 1 rings (SSSR count). The van der Waals surface area contributed by atoms with Crippen LogP contribution in [0.5, 0.6) is 5.75 Å². The molecule has 0 aromatic heterocycles. The fourth-order valence-electron chi connectivity index (χ4n) is 1.48. The van der Waals surface area contributed by atoms with Gasteiger partial charge in [-0.05, 0) is 30.5 Å². The summed E-state index contributed by atoms with van der Waals surface area (Å²) in [6, 6.07) is 5.42. The Labute approximate surface area is 123 Å². The number of unbranched alkanes of at least 4 members (excludes halogenated alkanes) is 1. The highest BCUT2D eigenvalue weighted by Gasteiger charge is 2.30. The molecular formula is C13H15BrF3NO2. The minimum atomic E-state index is -4.69.